The van der Waals surface area contributed by atoms with E-state index in [1.165, 1.54) is 0 Å². The summed E-state index contributed by atoms with van der Waals surface area (Å²) in [5, 5.41) is 2.72. The van der Waals surface area contributed by atoms with Crippen molar-refractivity contribution in [3.8, 4) is 0 Å². The fraction of sp³-hybridized carbons (Fsp3) is 0.700. The highest BCUT2D eigenvalue weighted by atomic mass is 32.1. The first kappa shape index (κ1) is 24.0. The number of hydrogen-bond acceptors (Lipinski definition) is 7. The maximum absolute atomic E-state index is 12.5. The summed E-state index contributed by atoms with van der Waals surface area (Å²) >= 11 is 4.47. The van der Waals surface area contributed by atoms with Crippen LogP contribution in [-0.4, -0.2) is 51.7 Å². The molecule has 31 heavy (non-hydrogen) atoms. The zero-order valence-corrected chi connectivity index (χ0v) is 21.1. The highest BCUT2D eigenvalue weighted by molar-refractivity contribution is 7.80. The molecule has 1 aliphatic heterocycles. The topological polar surface area (TPSA) is 111 Å². The van der Waals surface area contributed by atoms with Gasteiger partial charge in [0.1, 0.15) is 6.23 Å². The summed E-state index contributed by atoms with van der Waals surface area (Å²) in [6.45, 7) is 14.6. The highest BCUT2D eigenvalue weighted by Crippen LogP contribution is 2.41. The zero-order chi connectivity index (χ0) is 23.1. The minimum atomic E-state index is -2.00. The van der Waals surface area contributed by atoms with Crippen LogP contribution in [0, 0.1) is 5.92 Å². The van der Waals surface area contributed by atoms with Crippen molar-refractivity contribution in [3.63, 3.8) is 0 Å². The van der Waals surface area contributed by atoms with Gasteiger partial charge in [-0.3, -0.25) is 24.5 Å². The molecule has 0 spiro atoms. The lowest BCUT2D eigenvalue weighted by molar-refractivity contribution is -0.118. The van der Waals surface area contributed by atoms with Gasteiger partial charge in [-0.05, 0) is 18.1 Å². The molecule has 0 radical (unpaired) electrons. The fourth-order valence-electron chi connectivity index (χ4n) is 3.17. The quantitative estimate of drug-likeness (QED) is 0.444. The average molecular weight is 468 g/mol. The first-order valence-electron chi connectivity index (χ1n) is 10.6. The third-order valence-electron chi connectivity index (χ3n) is 6.12. The first-order valence-corrected chi connectivity index (χ1v) is 14.1. The monoisotopic (exact) mass is 467 g/mol. The molecule has 1 unspecified atom stereocenters. The molecule has 11 heteroatoms. The number of aromatic amines is 1. The number of anilines is 1. The van der Waals surface area contributed by atoms with Crippen molar-refractivity contribution in [2.24, 2.45) is 5.92 Å². The van der Waals surface area contributed by atoms with Crippen LogP contribution in [0.15, 0.2) is 11.1 Å². The Balaban J connectivity index is 1.90. The van der Waals surface area contributed by atoms with Gasteiger partial charge < -0.3 is 9.16 Å². The van der Waals surface area contributed by atoms with Crippen molar-refractivity contribution in [1.82, 2.24) is 19.5 Å². The van der Waals surface area contributed by atoms with E-state index in [2.05, 4.69) is 66.8 Å². The lowest BCUT2D eigenvalue weighted by Crippen LogP contribution is -2.46. The van der Waals surface area contributed by atoms with Crippen LogP contribution in [0.1, 0.15) is 47.3 Å². The van der Waals surface area contributed by atoms with Crippen LogP contribution in [0.3, 0.4) is 0 Å². The van der Waals surface area contributed by atoms with Crippen LogP contribution >= 0.6 is 12.6 Å². The second kappa shape index (κ2) is 8.68. The molecule has 0 aliphatic carbocycles. The SMILES string of the molecule is CC(C)C(=O)Nc1nc2c(ncn2[C@H]2CC(O[Si](C)(C)C(C)(C)C)[C@@H](CS)O2)c(=O)[nH]1. The largest absolute Gasteiger partial charge is 0.411 e. The Hall–Kier alpha value is -1.69. The Morgan fingerprint density at radius 2 is 2.13 bits per heavy atom. The maximum Gasteiger partial charge on any atom is 0.280 e. The van der Waals surface area contributed by atoms with Crippen LogP contribution in [0.4, 0.5) is 5.95 Å². The van der Waals surface area contributed by atoms with E-state index in [0.717, 1.165) is 0 Å². The Morgan fingerprint density at radius 3 is 2.71 bits per heavy atom. The molecular formula is C20H33N5O4SSi. The predicted molar refractivity (Wildman–Crippen MR) is 126 cm³/mol. The molecule has 9 nitrogen and oxygen atoms in total. The number of amides is 1. The summed E-state index contributed by atoms with van der Waals surface area (Å²) in [5.41, 5.74) is 0.140. The number of hydrogen-bond donors (Lipinski definition) is 3. The number of aromatic nitrogens is 4. The van der Waals surface area contributed by atoms with E-state index < -0.39 is 13.9 Å². The van der Waals surface area contributed by atoms with E-state index in [1.807, 2.05) is 0 Å². The van der Waals surface area contributed by atoms with Crippen molar-refractivity contribution in [1.29, 1.82) is 0 Å². The maximum atomic E-state index is 12.5. The minimum absolute atomic E-state index is 0.0757. The Morgan fingerprint density at radius 1 is 1.45 bits per heavy atom. The van der Waals surface area contributed by atoms with Gasteiger partial charge in [-0.2, -0.15) is 17.6 Å². The number of thiol groups is 1. The van der Waals surface area contributed by atoms with Gasteiger partial charge in [-0.1, -0.05) is 34.6 Å². The van der Waals surface area contributed by atoms with Crippen LogP contribution in [0.5, 0.6) is 0 Å². The van der Waals surface area contributed by atoms with Crippen LogP contribution in [0.2, 0.25) is 18.1 Å². The molecule has 2 aromatic heterocycles. The molecule has 172 valence electrons. The first-order chi connectivity index (χ1) is 14.3. The standard InChI is InChI=1S/C20H33N5O4SSi/c1-11(2)17(26)23-19-22-16-15(18(27)24-19)21-10-25(16)14-8-12(13(9-30)28-14)29-31(6,7)20(3,4)5/h10-14,30H,8-9H2,1-7H3,(H2,22,23,24,26,27)/t12?,13-,14-/m1/s1. The average Bonchev–Trinajstić information content (AvgIpc) is 3.24. The number of H-pyrrole nitrogens is 1. The van der Waals surface area contributed by atoms with Crippen molar-refractivity contribution < 1.29 is 14.0 Å². The van der Waals surface area contributed by atoms with Crippen molar-refractivity contribution in [3.05, 3.63) is 16.7 Å². The van der Waals surface area contributed by atoms with E-state index in [4.69, 9.17) is 9.16 Å². The number of nitrogens with zero attached hydrogens (tertiary/aromatic N) is 3. The van der Waals surface area contributed by atoms with Crippen molar-refractivity contribution in [2.75, 3.05) is 11.1 Å². The zero-order valence-electron chi connectivity index (χ0n) is 19.2. The summed E-state index contributed by atoms with van der Waals surface area (Å²) in [6.07, 6.45) is 1.48. The van der Waals surface area contributed by atoms with Gasteiger partial charge in [0.25, 0.3) is 5.56 Å². The third-order valence-corrected chi connectivity index (χ3v) is 11.0. The van der Waals surface area contributed by atoms with Gasteiger partial charge >= 0.3 is 0 Å². The molecule has 3 heterocycles. The Labute approximate surface area is 188 Å². The Kier molecular flexibility index (Phi) is 6.71. The molecule has 2 aromatic rings. The molecule has 3 rings (SSSR count). The normalized spacial score (nSPS) is 22.4. The van der Waals surface area contributed by atoms with E-state index in [1.54, 1.807) is 24.7 Å². The van der Waals surface area contributed by atoms with Gasteiger partial charge in [0.15, 0.2) is 19.5 Å². The number of rotatable bonds is 6. The summed E-state index contributed by atoms with van der Waals surface area (Å²) in [5.74, 6) is 0.138. The molecule has 1 fully saturated rings. The molecule has 1 saturated heterocycles. The summed E-state index contributed by atoms with van der Waals surface area (Å²) in [6, 6.07) is 0. The summed E-state index contributed by atoms with van der Waals surface area (Å²) in [4.78, 5) is 35.7. The number of nitrogens with one attached hydrogen (secondary N) is 2. The van der Waals surface area contributed by atoms with E-state index in [0.29, 0.717) is 17.8 Å². The minimum Gasteiger partial charge on any atom is -0.411 e. The summed E-state index contributed by atoms with van der Waals surface area (Å²) < 4.78 is 14.6. The van der Waals surface area contributed by atoms with E-state index in [9.17, 15) is 9.59 Å². The van der Waals surface area contributed by atoms with Gasteiger partial charge in [0.05, 0.1) is 18.5 Å². The molecule has 1 aliphatic rings. The smallest absolute Gasteiger partial charge is 0.280 e. The number of carbonyl (C=O) groups excluding carboxylic acids is 1. The van der Waals surface area contributed by atoms with Gasteiger partial charge in [0.2, 0.25) is 11.9 Å². The lowest BCUT2D eigenvalue weighted by Gasteiger charge is -2.39. The predicted octanol–water partition coefficient (Wildman–Crippen LogP) is 3.32. The van der Waals surface area contributed by atoms with Crippen LogP contribution < -0.4 is 10.9 Å². The second-order valence-corrected chi connectivity index (χ2v) is 15.0. The third kappa shape index (κ3) is 4.89. The van der Waals surface area contributed by atoms with Crippen molar-refractivity contribution in [2.45, 2.75) is 77.6 Å². The number of ether oxygens (including phenoxy) is 1. The van der Waals surface area contributed by atoms with Crippen LogP contribution in [-0.2, 0) is 14.0 Å². The molecular weight excluding hydrogens is 434 g/mol. The molecule has 0 saturated carbocycles. The number of imidazole rings is 1. The molecule has 1 amide bonds. The Bertz CT molecular complexity index is 1010. The summed E-state index contributed by atoms with van der Waals surface area (Å²) in [7, 11) is -2.00. The number of fused-ring (bicyclic) bond motifs is 1. The molecule has 0 aromatic carbocycles. The van der Waals surface area contributed by atoms with E-state index in [-0.39, 0.29) is 46.8 Å². The number of carbonyl (C=O) groups is 1. The van der Waals surface area contributed by atoms with Gasteiger partial charge in [-0.25, -0.2) is 4.98 Å². The van der Waals surface area contributed by atoms with Crippen molar-refractivity contribution >= 4 is 44.0 Å². The molecule has 3 atom stereocenters. The molecule has 0 bridgehead atoms. The fourth-order valence-corrected chi connectivity index (χ4v) is 4.85. The van der Waals surface area contributed by atoms with Crippen LogP contribution in [0.25, 0.3) is 11.2 Å². The second-order valence-electron chi connectivity index (χ2n) is 9.85. The molecule has 2 N–H and O–H groups in total. The highest BCUT2D eigenvalue weighted by Gasteiger charge is 2.45. The lowest BCUT2D eigenvalue weighted by atomic mass is 10.2. The van der Waals surface area contributed by atoms with Gasteiger partial charge in [-0.15, -0.1) is 0 Å². The van der Waals surface area contributed by atoms with Gasteiger partial charge in [0, 0.05) is 18.1 Å². The van der Waals surface area contributed by atoms with E-state index >= 15 is 0 Å².